The average Bonchev–Trinajstić information content (AvgIpc) is 2.38. The number of esters is 1. The molecule has 0 aliphatic heterocycles. The molecule has 0 rings (SSSR count). The molecular weight excluding hydrogens is 232 g/mol. The lowest BCUT2D eigenvalue weighted by Gasteiger charge is -2.14. The molecule has 0 amide bonds. The van der Waals surface area contributed by atoms with E-state index < -0.39 is 0 Å². The van der Waals surface area contributed by atoms with E-state index in [4.69, 9.17) is 14.9 Å². The SMILES string of the molecule is C=C(C)C(=O)OCC(CC)CCCC.OCCO. The van der Waals surface area contributed by atoms with Crippen molar-refractivity contribution in [3.63, 3.8) is 0 Å². The zero-order chi connectivity index (χ0) is 14.4. The molecule has 0 radical (unpaired) electrons. The van der Waals surface area contributed by atoms with E-state index in [0.29, 0.717) is 18.1 Å². The summed E-state index contributed by atoms with van der Waals surface area (Å²) in [5, 5.41) is 15.2. The molecule has 0 aliphatic rings. The fourth-order valence-electron chi connectivity index (χ4n) is 1.21. The Bertz CT molecular complexity index is 212. The summed E-state index contributed by atoms with van der Waals surface area (Å²) in [7, 11) is 0. The van der Waals surface area contributed by atoms with Crippen molar-refractivity contribution in [2.75, 3.05) is 19.8 Å². The Kier molecular flexibility index (Phi) is 15.4. The Hall–Kier alpha value is -0.870. The number of hydrogen-bond acceptors (Lipinski definition) is 4. The molecule has 0 saturated carbocycles. The van der Waals surface area contributed by atoms with Gasteiger partial charge in [0.25, 0.3) is 0 Å². The van der Waals surface area contributed by atoms with Crippen molar-refractivity contribution in [1.82, 2.24) is 0 Å². The first-order valence-corrected chi connectivity index (χ1v) is 6.57. The molecule has 0 heterocycles. The standard InChI is InChI=1S/C12H22O2.C2H6O2/c1-5-7-8-11(6-2)9-14-12(13)10(3)4;3-1-2-4/h11H,3,5-9H2,1-2,4H3;3-4H,1-2H2. The third-order valence-electron chi connectivity index (χ3n) is 2.44. The number of aliphatic hydroxyl groups excluding tert-OH is 2. The molecule has 0 aromatic rings. The maximum Gasteiger partial charge on any atom is 0.333 e. The molecule has 2 N–H and O–H groups in total. The van der Waals surface area contributed by atoms with Crippen LogP contribution in [0.2, 0.25) is 0 Å². The number of carbonyl (C=O) groups is 1. The third kappa shape index (κ3) is 13.2. The van der Waals surface area contributed by atoms with Crippen LogP contribution in [0, 0.1) is 5.92 Å². The second-order valence-electron chi connectivity index (χ2n) is 4.24. The van der Waals surface area contributed by atoms with Crippen LogP contribution < -0.4 is 0 Å². The largest absolute Gasteiger partial charge is 0.462 e. The summed E-state index contributed by atoms with van der Waals surface area (Å²) < 4.78 is 5.12. The number of hydrogen-bond donors (Lipinski definition) is 2. The summed E-state index contributed by atoms with van der Waals surface area (Å²) in [6, 6.07) is 0. The summed E-state index contributed by atoms with van der Waals surface area (Å²) in [6.07, 6.45) is 4.63. The van der Waals surface area contributed by atoms with Gasteiger partial charge in [-0.05, 0) is 19.3 Å². The normalized spacial score (nSPS) is 11.2. The van der Waals surface area contributed by atoms with E-state index in [-0.39, 0.29) is 19.2 Å². The Morgan fingerprint density at radius 2 is 1.83 bits per heavy atom. The summed E-state index contributed by atoms with van der Waals surface area (Å²) in [6.45, 7) is 9.82. The predicted molar refractivity (Wildman–Crippen MR) is 73.3 cm³/mol. The highest BCUT2D eigenvalue weighted by Gasteiger charge is 2.09. The minimum atomic E-state index is -0.264. The van der Waals surface area contributed by atoms with Crippen molar-refractivity contribution < 1.29 is 19.7 Å². The van der Waals surface area contributed by atoms with Crippen LogP contribution in [-0.4, -0.2) is 36.0 Å². The summed E-state index contributed by atoms with van der Waals surface area (Å²) in [5.74, 6) is 0.248. The van der Waals surface area contributed by atoms with Gasteiger partial charge >= 0.3 is 5.97 Å². The van der Waals surface area contributed by atoms with Gasteiger partial charge in [-0.2, -0.15) is 0 Å². The van der Waals surface area contributed by atoms with Crippen LogP contribution in [0.15, 0.2) is 12.2 Å². The summed E-state index contributed by atoms with van der Waals surface area (Å²) in [5.41, 5.74) is 0.482. The van der Waals surface area contributed by atoms with Gasteiger partial charge in [-0.3, -0.25) is 0 Å². The molecule has 1 unspecified atom stereocenters. The van der Waals surface area contributed by atoms with Crippen molar-refractivity contribution >= 4 is 5.97 Å². The number of carbonyl (C=O) groups excluding carboxylic acids is 1. The van der Waals surface area contributed by atoms with Crippen LogP contribution >= 0.6 is 0 Å². The first kappa shape index (κ1) is 19.5. The van der Waals surface area contributed by atoms with Crippen molar-refractivity contribution in [2.45, 2.75) is 46.5 Å². The van der Waals surface area contributed by atoms with Crippen LogP contribution in [0.1, 0.15) is 46.5 Å². The van der Waals surface area contributed by atoms with Crippen molar-refractivity contribution in [3.05, 3.63) is 12.2 Å². The van der Waals surface area contributed by atoms with Gasteiger partial charge in [-0.15, -0.1) is 0 Å². The molecule has 4 heteroatoms. The summed E-state index contributed by atoms with van der Waals surface area (Å²) in [4.78, 5) is 11.1. The average molecular weight is 260 g/mol. The quantitative estimate of drug-likeness (QED) is 0.519. The molecule has 0 aromatic heterocycles. The van der Waals surface area contributed by atoms with Gasteiger partial charge < -0.3 is 14.9 Å². The first-order chi connectivity index (χ1) is 8.53. The highest BCUT2D eigenvalue weighted by Crippen LogP contribution is 2.13. The van der Waals surface area contributed by atoms with Gasteiger partial charge in [0.05, 0.1) is 19.8 Å². The van der Waals surface area contributed by atoms with Gasteiger partial charge in [-0.1, -0.05) is 39.7 Å². The second kappa shape index (κ2) is 14.2. The maximum atomic E-state index is 11.1. The van der Waals surface area contributed by atoms with Gasteiger partial charge in [0.2, 0.25) is 0 Å². The topological polar surface area (TPSA) is 66.8 Å². The molecule has 0 spiro atoms. The Morgan fingerprint density at radius 1 is 1.28 bits per heavy atom. The van der Waals surface area contributed by atoms with E-state index in [1.807, 2.05) is 0 Å². The van der Waals surface area contributed by atoms with Crippen LogP contribution in [0.4, 0.5) is 0 Å². The molecule has 0 aliphatic carbocycles. The van der Waals surface area contributed by atoms with E-state index in [1.165, 1.54) is 12.8 Å². The fraction of sp³-hybridized carbons (Fsp3) is 0.786. The zero-order valence-corrected chi connectivity index (χ0v) is 11.9. The third-order valence-corrected chi connectivity index (χ3v) is 2.44. The molecule has 0 bridgehead atoms. The van der Waals surface area contributed by atoms with Gasteiger partial charge in [0, 0.05) is 5.57 Å². The molecule has 0 fully saturated rings. The van der Waals surface area contributed by atoms with Crippen molar-refractivity contribution in [3.8, 4) is 0 Å². The second-order valence-corrected chi connectivity index (χ2v) is 4.24. The van der Waals surface area contributed by atoms with Gasteiger partial charge in [0.15, 0.2) is 0 Å². The van der Waals surface area contributed by atoms with Crippen LogP contribution in [0.5, 0.6) is 0 Å². The Labute approximate surface area is 111 Å². The van der Waals surface area contributed by atoms with Crippen LogP contribution in [0.3, 0.4) is 0 Å². The minimum Gasteiger partial charge on any atom is -0.462 e. The molecule has 1 atom stereocenters. The van der Waals surface area contributed by atoms with Crippen LogP contribution in [0.25, 0.3) is 0 Å². The fourth-order valence-corrected chi connectivity index (χ4v) is 1.21. The Balaban J connectivity index is 0. The van der Waals surface area contributed by atoms with E-state index in [1.54, 1.807) is 6.92 Å². The molecule has 0 saturated heterocycles. The van der Waals surface area contributed by atoms with Gasteiger partial charge in [0.1, 0.15) is 0 Å². The van der Waals surface area contributed by atoms with Crippen molar-refractivity contribution in [2.24, 2.45) is 5.92 Å². The summed E-state index contributed by atoms with van der Waals surface area (Å²) >= 11 is 0. The van der Waals surface area contributed by atoms with E-state index in [0.717, 1.165) is 12.8 Å². The number of ether oxygens (including phenoxy) is 1. The van der Waals surface area contributed by atoms with E-state index in [9.17, 15) is 4.79 Å². The molecular formula is C14H28O4. The Morgan fingerprint density at radius 3 is 2.17 bits per heavy atom. The maximum absolute atomic E-state index is 11.1. The molecule has 4 nitrogen and oxygen atoms in total. The van der Waals surface area contributed by atoms with Crippen LogP contribution in [-0.2, 0) is 9.53 Å². The predicted octanol–water partition coefficient (Wildman–Crippen LogP) is 2.29. The van der Waals surface area contributed by atoms with E-state index in [2.05, 4.69) is 20.4 Å². The van der Waals surface area contributed by atoms with E-state index >= 15 is 0 Å². The van der Waals surface area contributed by atoms with Gasteiger partial charge in [-0.25, -0.2) is 4.79 Å². The lowest BCUT2D eigenvalue weighted by Crippen LogP contribution is -2.14. The first-order valence-electron chi connectivity index (χ1n) is 6.57. The molecule has 108 valence electrons. The monoisotopic (exact) mass is 260 g/mol. The zero-order valence-electron chi connectivity index (χ0n) is 11.9. The molecule has 0 aromatic carbocycles. The number of rotatable bonds is 8. The van der Waals surface area contributed by atoms with Crippen molar-refractivity contribution in [1.29, 1.82) is 0 Å². The molecule has 18 heavy (non-hydrogen) atoms. The number of unbranched alkanes of at least 4 members (excludes halogenated alkanes) is 1. The lowest BCUT2D eigenvalue weighted by molar-refractivity contribution is -0.140. The highest BCUT2D eigenvalue weighted by molar-refractivity contribution is 5.86. The lowest BCUT2D eigenvalue weighted by atomic mass is 10.0. The minimum absolute atomic E-state index is 0.125. The smallest absolute Gasteiger partial charge is 0.333 e. The highest BCUT2D eigenvalue weighted by atomic mass is 16.5. The number of aliphatic hydroxyl groups is 2.